The lowest BCUT2D eigenvalue weighted by molar-refractivity contribution is 0.0475. The fraction of sp³-hybridized carbons (Fsp3) is 0.423. The molecule has 1 fully saturated rings. The molecular weight excluding hydrogens is 436 g/mol. The van der Waals surface area contributed by atoms with Crippen LogP contribution in [0.25, 0.3) is 0 Å². The van der Waals surface area contributed by atoms with Gasteiger partial charge in [0, 0.05) is 24.1 Å². The first kappa shape index (κ1) is 22.4. The number of nitrogens with one attached hydrogen (secondary N) is 1. The van der Waals surface area contributed by atoms with Gasteiger partial charge >= 0.3 is 0 Å². The Morgan fingerprint density at radius 1 is 1.00 bits per heavy atom. The van der Waals surface area contributed by atoms with Crippen molar-refractivity contribution in [3.05, 3.63) is 58.7 Å². The minimum atomic E-state index is -0.373. The third-order valence-corrected chi connectivity index (χ3v) is 6.66. The van der Waals surface area contributed by atoms with Gasteiger partial charge in [-0.1, -0.05) is 19.9 Å². The first-order valence-corrected chi connectivity index (χ1v) is 11.6. The summed E-state index contributed by atoms with van der Waals surface area (Å²) in [5.74, 6) is 0.424. The molecule has 3 heterocycles. The van der Waals surface area contributed by atoms with Crippen LogP contribution in [0.5, 0.6) is 11.5 Å². The molecule has 1 saturated heterocycles. The van der Waals surface area contributed by atoms with Crippen LogP contribution < -0.4 is 14.8 Å². The van der Waals surface area contributed by atoms with E-state index in [1.807, 2.05) is 32.0 Å². The highest BCUT2D eigenvalue weighted by molar-refractivity contribution is 6.22. The number of nitrogens with zero attached hydrogens (tertiary/aromatic N) is 1. The molecule has 0 aromatic heterocycles. The number of fused-ring (bicyclic) bond motifs is 2. The Morgan fingerprint density at radius 3 is 2.53 bits per heavy atom. The lowest BCUT2D eigenvalue weighted by Crippen LogP contribution is -2.37. The van der Waals surface area contributed by atoms with Crippen molar-refractivity contribution < 1.29 is 28.6 Å². The second-order valence-corrected chi connectivity index (χ2v) is 9.54. The Morgan fingerprint density at radius 2 is 1.76 bits per heavy atom. The molecule has 2 aromatic carbocycles. The Balaban J connectivity index is 1.27. The molecule has 0 aliphatic carbocycles. The van der Waals surface area contributed by atoms with Crippen molar-refractivity contribution in [3.63, 3.8) is 0 Å². The van der Waals surface area contributed by atoms with Gasteiger partial charge in [-0.3, -0.25) is 19.3 Å². The molecule has 178 valence electrons. The number of imide groups is 1. The predicted octanol–water partition coefficient (Wildman–Crippen LogP) is 2.94. The van der Waals surface area contributed by atoms with E-state index in [0.29, 0.717) is 43.2 Å². The molecule has 2 aromatic rings. The second kappa shape index (κ2) is 8.76. The topological polar surface area (TPSA) is 94.2 Å². The largest absolute Gasteiger partial charge is 0.486 e. The number of carbonyl (C=O) groups excluding carboxylic acids is 3. The number of amides is 3. The summed E-state index contributed by atoms with van der Waals surface area (Å²) in [5, 5.41) is 2.96. The number of ether oxygens (including phenoxy) is 3. The molecule has 0 bridgehead atoms. The van der Waals surface area contributed by atoms with Crippen molar-refractivity contribution >= 4 is 17.7 Å². The molecule has 8 heteroatoms. The van der Waals surface area contributed by atoms with Crippen LogP contribution >= 0.6 is 0 Å². The van der Waals surface area contributed by atoms with Gasteiger partial charge in [0.15, 0.2) is 11.5 Å². The van der Waals surface area contributed by atoms with Gasteiger partial charge in [0.2, 0.25) is 0 Å². The molecular formula is C26H28N2O6. The van der Waals surface area contributed by atoms with Gasteiger partial charge in [0.25, 0.3) is 17.7 Å². The van der Waals surface area contributed by atoms with Crippen LogP contribution in [0.4, 0.5) is 0 Å². The van der Waals surface area contributed by atoms with Crippen molar-refractivity contribution in [2.24, 2.45) is 0 Å². The van der Waals surface area contributed by atoms with E-state index in [4.69, 9.17) is 14.2 Å². The van der Waals surface area contributed by atoms with Gasteiger partial charge in [-0.2, -0.15) is 0 Å². The minimum absolute atomic E-state index is 0.118. The summed E-state index contributed by atoms with van der Waals surface area (Å²) < 4.78 is 16.8. The average Bonchev–Trinajstić information content (AvgIpc) is 3.45. The molecule has 3 amide bonds. The van der Waals surface area contributed by atoms with E-state index < -0.39 is 0 Å². The lowest BCUT2D eigenvalue weighted by atomic mass is 9.84. The minimum Gasteiger partial charge on any atom is -0.486 e. The monoisotopic (exact) mass is 464 g/mol. The summed E-state index contributed by atoms with van der Waals surface area (Å²) in [7, 11) is 0. The SMILES string of the molecule is CC(C)(CNC(=O)c1ccc2c(c1)C(=O)N(CC1CCCO1)C2=O)c1ccc2c(c1)OCCO2. The third-order valence-electron chi connectivity index (χ3n) is 6.66. The number of carbonyl (C=O) groups is 3. The van der Waals surface area contributed by atoms with Crippen molar-refractivity contribution in [2.75, 3.05) is 32.9 Å². The van der Waals surface area contributed by atoms with Crippen molar-refractivity contribution in [1.29, 1.82) is 0 Å². The summed E-state index contributed by atoms with van der Waals surface area (Å²) in [5.41, 5.74) is 1.58. The molecule has 34 heavy (non-hydrogen) atoms. The van der Waals surface area contributed by atoms with Gasteiger partial charge in [-0.05, 0) is 48.7 Å². The Hall–Kier alpha value is -3.39. The van der Waals surface area contributed by atoms with Gasteiger partial charge in [0.1, 0.15) is 13.2 Å². The Bertz CT molecular complexity index is 1150. The number of rotatable bonds is 6. The van der Waals surface area contributed by atoms with Gasteiger partial charge in [-0.15, -0.1) is 0 Å². The smallest absolute Gasteiger partial charge is 0.261 e. The van der Waals surface area contributed by atoms with Crippen LogP contribution in [-0.4, -0.2) is 61.6 Å². The number of benzene rings is 2. The normalized spacial score (nSPS) is 19.4. The van der Waals surface area contributed by atoms with Gasteiger partial charge in [0.05, 0.1) is 23.8 Å². The molecule has 0 radical (unpaired) electrons. The predicted molar refractivity (Wildman–Crippen MR) is 124 cm³/mol. The summed E-state index contributed by atoms with van der Waals surface area (Å²) in [6.07, 6.45) is 1.65. The van der Waals surface area contributed by atoms with E-state index >= 15 is 0 Å². The fourth-order valence-electron chi connectivity index (χ4n) is 4.56. The maximum Gasteiger partial charge on any atom is 0.261 e. The summed E-state index contributed by atoms with van der Waals surface area (Å²) in [4.78, 5) is 39.8. The van der Waals surface area contributed by atoms with E-state index in [2.05, 4.69) is 5.32 Å². The van der Waals surface area contributed by atoms with E-state index in [0.717, 1.165) is 24.2 Å². The highest BCUT2D eigenvalue weighted by Gasteiger charge is 2.38. The van der Waals surface area contributed by atoms with Crippen LogP contribution in [0.2, 0.25) is 0 Å². The summed E-state index contributed by atoms with van der Waals surface area (Å²) in [6.45, 7) is 6.39. The molecule has 1 unspecified atom stereocenters. The molecule has 3 aliphatic rings. The van der Waals surface area contributed by atoms with Crippen molar-refractivity contribution in [2.45, 2.75) is 38.2 Å². The maximum absolute atomic E-state index is 12.9. The molecule has 5 rings (SSSR count). The third kappa shape index (κ3) is 4.14. The molecule has 8 nitrogen and oxygen atoms in total. The second-order valence-electron chi connectivity index (χ2n) is 9.54. The van der Waals surface area contributed by atoms with Gasteiger partial charge < -0.3 is 19.5 Å². The molecule has 1 N–H and O–H groups in total. The summed E-state index contributed by atoms with van der Waals surface area (Å²) in [6, 6.07) is 10.5. The van der Waals surface area contributed by atoms with E-state index in [1.54, 1.807) is 12.1 Å². The Kier molecular flexibility index (Phi) is 5.77. The lowest BCUT2D eigenvalue weighted by Gasteiger charge is -2.28. The van der Waals surface area contributed by atoms with Crippen LogP contribution in [0.3, 0.4) is 0 Å². The number of hydrogen-bond acceptors (Lipinski definition) is 6. The van der Waals surface area contributed by atoms with Crippen molar-refractivity contribution in [1.82, 2.24) is 10.2 Å². The van der Waals surface area contributed by atoms with E-state index in [1.165, 1.54) is 11.0 Å². The molecule has 1 atom stereocenters. The first-order valence-electron chi connectivity index (χ1n) is 11.6. The Labute approximate surface area is 198 Å². The van der Waals surface area contributed by atoms with Crippen molar-refractivity contribution in [3.8, 4) is 11.5 Å². The van der Waals surface area contributed by atoms with E-state index in [9.17, 15) is 14.4 Å². The maximum atomic E-state index is 12.9. The molecule has 0 saturated carbocycles. The highest BCUT2D eigenvalue weighted by atomic mass is 16.6. The highest BCUT2D eigenvalue weighted by Crippen LogP contribution is 2.35. The zero-order valence-corrected chi connectivity index (χ0v) is 19.4. The quantitative estimate of drug-likeness (QED) is 0.661. The van der Waals surface area contributed by atoms with Gasteiger partial charge in [-0.25, -0.2) is 0 Å². The molecule has 0 spiro atoms. The van der Waals surface area contributed by atoms with Crippen LogP contribution in [0.15, 0.2) is 36.4 Å². The van der Waals surface area contributed by atoms with Crippen LogP contribution in [-0.2, 0) is 10.2 Å². The first-order chi connectivity index (χ1) is 16.3. The molecule has 3 aliphatic heterocycles. The summed E-state index contributed by atoms with van der Waals surface area (Å²) >= 11 is 0. The number of hydrogen-bond donors (Lipinski definition) is 1. The van der Waals surface area contributed by atoms with Crippen LogP contribution in [0.1, 0.15) is 63.3 Å². The zero-order valence-electron chi connectivity index (χ0n) is 19.4. The van der Waals surface area contributed by atoms with Crippen LogP contribution in [0, 0.1) is 0 Å². The average molecular weight is 465 g/mol. The fourth-order valence-corrected chi connectivity index (χ4v) is 4.56. The zero-order chi connectivity index (χ0) is 23.9. The van der Waals surface area contributed by atoms with E-state index in [-0.39, 0.29) is 41.3 Å². The standard InChI is InChI=1S/C26H28N2O6/c1-26(2,17-6-8-21-22(13-17)34-11-10-33-21)15-27-23(29)16-5-7-19-20(12-16)25(31)28(24(19)30)14-18-4-3-9-32-18/h5-8,12-13,18H,3-4,9-11,14-15H2,1-2H3,(H,27,29).